The number of hydrogen-bond donors (Lipinski definition) is 2. The van der Waals surface area contributed by atoms with Gasteiger partial charge in [0, 0.05) is 54.6 Å². The van der Waals surface area contributed by atoms with E-state index < -0.39 is 6.09 Å². The van der Waals surface area contributed by atoms with Gasteiger partial charge in [0.1, 0.15) is 11.4 Å². The van der Waals surface area contributed by atoms with E-state index in [1.54, 1.807) is 37.4 Å². The van der Waals surface area contributed by atoms with E-state index in [0.29, 0.717) is 24.3 Å². The number of carbonyl (C=O) groups is 2. The van der Waals surface area contributed by atoms with Crippen molar-refractivity contribution in [2.45, 2.75) is 0 Å². The lowest BCUT2D eigenvalue weighted by molar-refractivity contribution is 0.0787. The van der Waals surface area contributed by atoms with E-state index in [9.17, 15) is 9.59 Å². The summed E-state index contributed by atoms with van der Waals surface area (Å²) >= 11 is 0. The van der Waals surface area contributed by atoms with Crippen LogP contribution in [0.5, 0.6) is 5.75 Å². The standard InChI is InChI=1S/C28H31N5O4/c1-32(2)12-13-33(3)27(34)22-14-18(10-11-24(22)31-28(35)37-5)19-15-21-23(17-30-26(21)29-16-19)20-8-6-7-9-25(20)36-4/h6-11,14-17H,12-13H2,1-5H3,(H,29,30)(H,31,35). The zero-order valence-corrected chi connectivity index (χ0v) is 21.7. The number of carbonyl (C=O) groups excluding carboxylic acids is 2. The van der Waals surface area contributed by atoms with Crippen molar-refractivity contribution in [2.75, 3.05) is 53.8 Å². The van der Waals surface area contributed by atoms with E-state index in [2.05, 4.69) is 15.3 Å². The van der Waals surface area contributed by atoms with E-state index in [4.69, 9.17) is 9.47 Å². The average Bonchev–Trinajstić information content (AvgIpc) is 3.34. The Morgan fingerprint density at radius 2 is 1.76 bits per heavy atom. The number of nitrogens with zero attached hydrogens (tertiary/aromatic N) is 3. The Morgan fingerprint density at radius 3 is 2.49 bits per heavy atom. The lowest BCUT2D eigenvalue weighted by Gasteiger charge is -2.21. The zero-order chi connectivity index (χ0) is 26.5. The maximum Gasteiger partial charge on any atom is 0.411 e. The molecule has 0 saturated heterocycles. The van der Waals surface area contributed by atoms with Crippen molar-refractivity contribution >= 4 is 28.7 Å². The Morgan fingerprint density at radius 1 is 0.973 bits per heavy atom. The first-order valence-corrected chi connectivity index (χ1v) is 11.8. The number of likely N-dealkylation sites (N-methyl/N-ethyl adjacent to an activating group) is 2. The van der Waals surface area contributed by atoms with Crippen LogP contribution in [0.15, 0.2) is 60.9 Å². The fourth-order valence-electron chi connectivity index (χ4n) is 4.08. The number of pyridine rings is 1. The van der Waals surface area contributed by atoms with Gasteiger partial charge in [-0.15, -0.1) is 0 Å². The number of aromatic nitrogens is 2. The highest BCUT2D eigenvalue weighted by Gasteiger charge is 2.20. The number of benzene rings is 2. The van der Waals surface area contributed by atoms with Crippen LogP contribution in [-0.4, -0.2) is 80.2 Å². The summed E-state index contributed by atoms with van der Waals surface area (Å²) < 4.78 is 10.3. The summed E-state index contributed by atoms with van der Waals surface area (Å²) in [6, 6.07) is 15.2. The normalized spacial score (nSPS) is 11.0. The van der Waals surface area contributed by atoms with Crippen LogP contribution in [0, 0.1) is 0 Å². The molecule has 192 valence electrons. The van der Waals surface area contributed by atoms with E-state index in [1.807, 2.05) is 61.6 Å². The lowest BCUT2D eigenvalue weighted by Crippen LogP contribution is -2.34. The first-order valence-electron chi connectivity index (χ1n) is 11.8. The molecule has 2 amide bonds. The number of rotatable bonds is 8. The Kier molecular flexibility index (Phi) is 7.74. The van der Waals surface area contributed by atoms with E-state index in [-0.39, 0.29) is 5.91 Å². The first kappa shape index (κ1) is 25.7. The number of anilines is 1. The summed E-state index contributed by atoms with van der Waals surface area (Å²) in [5, 5.41) is 3.58. The minimum Gasteiger partial charge on any atom is -0.496 e. The number of H-pyrrole nitrogens is 1. The van der Waals surface area contributed by atoms with Crippen LogP contribution in [0.25, 0.3) is 33.3 Å². The van der Waals surface area contributed by atoms with Gasteiger partial charge in [-0.05, 0) is 43.9 Å². The SMILES string of the molecule is COC(=O)Nc1ccc(-c2cnc3[nH]cc(-c4ccccc4OC)c3c2)cc1C(=O)N(C)CCN(C)C. The van der Waals surface area contributed by atoms with Crippen LogP contribution in [-0.2, 0) is 4.74 Å². The summed E-state index contributed by atoms with van der Waals surface area (Å²) in [7, 11) is 8.58. The molecule has 0 fully saturated rings. The van der Waals surface area contributed by atoms with Gasteiger partial charge in [-0.25, -0.2) is 9.78 Å². The fourth-order valence-corrected chi connectivity index (χ4v) is 4.08. The number of fused-ring (bicyclic) bond motifs is 1. The monoisotopic (exact) mass is 501 g/mol. The van der Waals surface area contributed by atoms with Gasteiger partial charge in [0.15, 0.2) is 0 Å². The third kappa shape index (κ3) is 5.57. The fraction of sp³-hybridized carbons (Fsp3) is 0.250. The molecular formula is C28H31N5O4. The highest BCUT2D eigenvalue weighted by atomic mass is 16.5. The largest absolute Gasteiger partial charge is 0.496 e. The molecular weight excluding hydrogens is 470 g/mol. The van der Waals surface area contributed by atoms with Gasteiger partial charge in [0.05, 0.1) is 25.5 Å². The second-order valence-electron chi connectivity index (χ2n) is 8.93. The summed E-state index contributed by atoms with van der Waals surface area (Å²) in [5.41, 5.74) is 5.02. The van der Waals surface area contributed by atoms with Crippen molar-refractivity contribution in [2.24, 2.45) is 0 Å². The molecule has 4 rings (SSSR count). The maximum absolute atomic E-state index is 13.4. The molecule has 0 aliphatic heterocycles. The summed E-state index contributed by atoms with van der Waals surface area (Å²) in [6.45, 7) is 1.24. The second-order valence-corrected chi connectivity index (χ2v) is 8.93. The van der Waals surface area contributed by atoms with Crippen LogP contribution < -0.4 is 10.1 Å². The molecule has 9 heteroatoms. The van der Waals surface area contributed by atoms with Gasteiger partial charge in [-0.3, -0.25) is 10.1 Å². The van der Waals surface area contributed by atoms with Gasteiger partial charge >= 0.3 is 6.09 Å². The molecule has 0 atom stereocenters. The molecule has 0 aliphatic rings. The van der Waals surface area contributed by atoms with Gasteiger partial charge < -0.3 is 24.3 Å². The van der Waals surface area contributed by atoms with Crippen LogP contribution in [0.4, 0.5) is 10.5 Å². The molecule has 2 heterocycles. The summed E-state index contributed by atoms with van der Waals surface area (Å²) in [4.78, 5) is 36.8. The molecule has 4 aromatic rings. The highest BCUT2D eigenvalue weighted by molar-refractivity contribution is 6.04. The van der Waals surface area contributed by atoms with Crippen molar-refractivity contribution in [3.8, 4) is 28.0 Å². The minimum absolute atomic E-state index is 0.208. The third-order valence-electron chi connectivity index (χ3n) is 6.16. The molecule has 2 aromatic heterocycles. The number of nitrogens with one attached hydrogen (secondary N) is 2. The zero-order valence-electron chi connectivity index (χ0n) is 21.7. The number of amides is 2. The first-order chi connectivity index (χ1) is 17.8. The molecule has 0 aliphatic carbocycles. The Balaban J connectivity index is 1.77. The van der Waals surface area contributed by atoms with E-state index in [0.717, 1.165) is 39.0 Å². The minimum atomic E-state index is -0.644. The van der Waals surface area contributed by atoms with Gasteiger partial charge in [-0.1, -0.05) is 24.3 Å². The Bertz CT molecular complexity index is 1430. The predicted molar refractivity (Wildman–Crippen MR) is 145 cm³/mol. The van der Waals surface area contributed by atoms with Crippen molar-refractivity contribution in [1.82, 2.24) is 19.8 Å². The number of para-hydroxylation sites is 1. The van der Waals surface area contributed by atoms with Crippen molar-refractivity contribution < 1.29 is 19.1 Å². The molecule has 0 radical (unpaired) electrons. The van der Waals surface area contributed by atoms with Crippen LogP contribution in [0.3, 0.4) is 0 Å². The number of aromatic amines is 1. The van der Waals surface area contributed by atoms with E-state index in [1.165, 1.54) is 7.11 Å². The molecule has 0 saturated carbocycles. The number of ether oxygens (including phenoxy) is 2. The maximum atomic E-state index is 13.4. The van der Waals surface area contributed by atoms with Crippen molar-refractivity contribution in [1.29, 1.82) is 0 Å². The molecule has 0 unspecified atom stereocenters. The quantitative estimate of drug-likeness (QED) is 0.363. The third-order valence-corrected chi connectivity index (χ3v) is 6.16. The molecule has 9 nitrogen and oxygen atoms in total. The molecule has 37 heavy (non-hydrogen) atoms. The average molecular weight is 502 g/mol. The highest BCUT2D eigenvalue weighted by Crippen LogP contribution is 2.36. The Labute approximate surface area is 216 Å². The smallest absolute Gasteiger partial charge is 0.411 e. The van der Waals surface area contributed by atoms with Gasteiger partial charge in [-0.2, -0.15) is 0 Å². The topological polar surface area (TPSA) is 99.8 Å². The number of methoxy groups -OCH3 is 2. The van der Waals surface area contributed by atoms with Crippen LogP contribution in [0.2, 0.25) is 0 Å². The molecule has 0 spiro atoms. The molecule has 2 N–H and O–H groups in total. The molecule has 2 aromatic carbocycles. The Hall–Kier alpha value is -4.37. The van der Waals surface area contributed by atoms with Crippen molar-refractivity contribution in [3.63, 3.8) is 0 Å². The lowest BCUT2D eigenvalue weighted by atomic mass is 9.99. The predicted octanol–water partition coefficient (Wildman–Crippen LogP) is 4.72. The van der Waals surface area contributed by atoms with E-state index >= 15 is 0 Å². The number of hydrogen-bond acceptors (Lipinski definition) is 6. The van der Waals surface area contributed by atoms with Crippen LogP contribution in [0.1, 0.15) is 10.4 Å². The van der Waals surface area contributed by atoms with Crippen molar-refractivity contribution in [3.05, 3.63) is 66.5 Å². The summed E-state index contributed by atoms with van der Waals surface area (Å²) in [6.07, 6.45) is 3.03. The van der Waals surface area contributed by atoms with Gasteiger partial charge in [0.25, 0.3) is 5.91 Å². The molecule has 0 bridgehead atoms. The second kappa shape index (κ2) is 11.1. The van der Waals surface area contributed by atoms with Gasteiger partial charge in [0.2, 0.25) is 0 Å². The summed E-state index contributed by atoms with van der Waals surface area (Å²) in [5.74, 6) is 0.557. The van der Waals surface area contributed by atoms with Crippen LogP contribution >= 0.6 is 0 Å².